The van der Waals surface area contributed by atoms with Crippen LogP contribution in [0.1, 0.15) is 30.4 Å². The molecule has 1 saturated heterocycles. The molecular formula is C19H28N2O4. The Hall–Kier alpha value is -2.08. The summed E-state index contributed by atoms with van der Waals surface area (Å²) in [6.07, 6.45) is 2.14. The molecule has 2 rings (SSSR count). The number of likely N-dealkylation sites (tertiary alicyclic amines) is 1. The number of hydrogen-bond acceptors (Lipinski definition) is 4. The minimum absolute atomic E-state index is 0.0708. The largest absolute Gasteiger partial charge is 0.496 e. The highest BCUT2D eigenvalue weighted by atomic mass is 16.5. The SMILES string of the molecule is COc1ccc(CN(C)C(=O)CN2CCCCC(OC)C2=O)cc1C. The second-order valence-corrected chi connectivity index (χ2v) is 6.53. The standard InChI is InChI=1S/C19H28N2O4/c1-14-11-15(8-9-16(14)24-3)12-20(2)18(22)13-21-10-6-5-7-17(25-4)19(21)23/h8-9,11,17H,5-7,10,12-13H2,1-4H3. The lowest BCUT2D eigenvalue weighted by atomic mass is 10.1. The molecule has 6 nitrogen and oxygen atoms in total. The minimum atomic E-state index is -0.426. The highest BCUT2D eigenvalue weighted by Gasteiger charge is 2.28. The van der Waals surface area contributed by atoms with Gasteiger partial charge < -0.3 is 19.3 Å². The Bertz CT molecular complexity index is 617. The number of benzene rings is 1. The number of rotatable bonds is 6. The Morgan fingerprint density at radius 3 is 2.72 bits per heavy atom. The maximum atomic E-state index is 12.5. The van der Waals surface area contributed by atoms with Gasteiger partial charge in [0.05, 0.1) is 13.7 Å². The van der Waals surface area contributed by atoms with E-state index < -0.39 is 6.10 Å². The fourth-order valence-electron chi connectivity index (χ4n) is 3.13. The van der Waals surface area contributed by atoms with E-state index in [-0.39, 0.29) is 18.4 Å². The maximum absolute atomic E-state index is 12.5. The number of amides is 2. The zero-order chi connectivity index (χ0) is 18.4. The first kappa shape index (κ1) is 19.2. The zero-order valence-corrected chi connectivity index (χ0v) is 15.6. The monoisotopic (exact) mass is 348 g/mol. The van der Waals surface area contributed by atoms with E-state index in [1.165, 1.54) is 0 Å². The van der Waals surface area contributed by atoms with Crippen LogP contribution in [-0.4, -0.2) is 62.1 Å². The van der Waals surface area contributed by atoms with Crippen molar-refractivity contribution in [2.24, 2.45) is 0 Å². The van der Waals surface area contributed by atoms with Crippen LogP contribution in [0.15, 0.2) is 18.2 Å². The summed E-state index contributed by atoms with van der Waals surface area (Å²) in [4.78, 5) is 28.2. The van der Waals surface area contributed by atoms with E-state index in [1.807, 2.05) is 25.1 Å². The van der Waals surface area contributed by atoms with Crippen molar-refractivity contribution in [1.82, 2.24) is 9.80 Å². The van der Waals surface area contributed by atoms with E-state index in [0.29, 0.717) is 13.1 Å². The number of carbonyl (C=O) groups excluding carboxylic acids is 2. The molecule has 1 aliphatic heterocycles. The third-order valence-electron chi connectivity index (χ3n) is 4.65. The number of nitrogens with zero attached hydrogens (tertiary/aromatic N) is 2. The summed E-state index contributed by atoms with van der Waals surface area (Å²) < 4.78 is 10.5. The van der Waals surface area contributed by atoms with Crippen molar-refractivity contribution in [3.8, 4) is 5.75 Å². The van der Waals surface area contributed by atoms with Crippen LogP contribution < -0.4 is 4.74 Å². The Labute approximate surface area is 149 Å². The molecule has 1 fully saturated rings. The maximum Gasteiger partial charge on any atom is 0.252 e. The van der Waals surface area contributed by atoms with E-state index in [4.69, 9.17) is 9.47 Å². The van der Waals surface area contributed by atoms with Gasteiger partial charge >= 0.3 is 0 Å². The van der Waals surface area contributed by atoms with E-state index in [9.17, 15) is 9.59 Å². The van der Waals surface area contributed by atoms with Crippen LogP contribution in [0.25, 0.3) is 0 Å². The summed E-state index contributed by atoms with van der Waals surface area (Å²) in [5.74, 6) is 0.680. The van der Waals surface area contributed by atoms with Gasteiger partial charge in [-0.05, 0) is 43.4 Å². The summed E-state index contributed by atoms with van der Waals surface area (Å²) in [6, 6.07) is 5.87. The molecule has 1 atom stereocenters. The van der Waals surface area contributed by atoms with Gasteiger partial charge in [-0.1, -0.05) is 12.1 Å². The van der Waals surface area contributed by atoms with Crippen molar-refractivity contribution < 1.29 is 19.1 Å². The fraction of sp³-hybridized carbons (Fsp3) is 0.579. The quantitative estimate of drug-likeness (QED) is 0.789. The van der Waals surface area contributed by atoms with Gasteiger partial charge in [0.1, 0.15) is 11.9 Å². The van der Waals surface area contributed by atoms with Crippen LogP contribution in [0.4, 0.5) is 0 Å². The fourth-order valence-corrected chi connectivity index (χ4v) is 3.13. The van der Waals surface area contributed by atoms with Crippen LogP contribution in [0.3, 0.4) is 0 Å². The lowest BCUT2D eigenvalue weighted by molar-refractivity contribution is -0.146. The number of likely N-dealkylation sites (N-methyl/N-ethyl adjacent to an activating group) is 1. The first-order valence-corrected chi connectivity index (χ1v) is 8.65. The average molecular weight is 348 g/mol. The van der Waals surface area contributed by atoms with Crippen molar-refractivity contribution in [2.75, 3.05) is 34.4 Å². The van der Waals surface area contributed by atoms with E-state index >= 15 is 0 Å². The minimum Gasteiger partial charge on any atom is -0.496 e. The molecule has 0 spiro atoms. The van der Waals surface area contributed by atoms with E-state index in [0.717, 1.165) is 36.1 Å². The molecule has 138 valence electrons. The van der Waals surface area contributed by atoms with Crippen LogP contribution in [0.5, 0.6) is 5.75 Å². The van der Waals surface area contributed by atoms with E-state index in [2.05, 4.69) is 0 Å². The smallest absolute Gasteiger partial charge is 0.252 e. The van der Waals surface area contributed by atoms with Crippen molar-refractivity contribution in [2.45, 2.75) is 38.8 Å². The molecular weight excluding hydrogens is 320 g/mol. The Morgan fingerprint density at radius 2 is 2.08 bits per heavy atom. The van der Waals surface area contributed by atoms with Gasteiger partial charge in [0.15, 0.2) is 0 Å². The number of methoxy groups -OCH3 is 2. The lowest BCUT2D eigenvalue weighted by Gasteiger charge is -2.26. The predicted octanol–water partition coefficient (Wildman–Crippen LogP) is 1.99. The predicted molar refractivity (Wildman–Crippen MR) is 95.4 cm³/mol. The summed E-state index contributed by atoms with van der Waals surface area (Å²) in [7, 11) is 4.95. The van der Waals surface area contributed by atoms with Gasteiger partial charge in [-0.15, -0.1) is 0 Å². The average Bonchev–Trinajstić information content (AvgIpc) is 2.76. The molecule has 1 aromatic rings. The topological polar surface area (TPSA) is 59.1 Å². The van der Waals surface area contributed by atoms with Crippen molar-refractivity contribution in [1.29, 1.82) is 0 Å². The molecule has 25 heavy (non-hydrogen) atoms. The Balaban J connectivity index is 1.97. The molecule has 2 amide bonds. The van der Waals surface area contributed by atoms with Gasteiger partial charge in [-0.2, -0.15) is 0 Å². The van der Waals surface area contributed by atoms with Crippen molar-refractivity contribution in [3.63, 3.8) is 0 Å². The molecule has 0 aromatic heterocycles. The lowest BCUT2D eigenvalue weighted by Crippen LogP contribution is -2.45. The third kappa shape index (κ3) is 4.95. The highest BCUT2D eigenvalue weighted by Crippen LogP contribution is 2.19. The first-order chi connectivity index (χ1) is 12.0. The van der Waals surface area contributed by atoms with Crippen LogP contribution in [-0.2, 0) is 20.9 Å². The second kappa shape index (κ2) is 8.85. The number of ether oxygens (including phenoxy) is 2. The molecule has 0 aliphatic carbocycles. The molecule has 1 aliphatic rings. The van der Waals surface area contributed by atoms with E-state index in [1.54, 1.807) is 31.1 Å². The summed E-state index contributed by atoms with van der Waals surface area (Å²) in [6.45, 7) is 3.19. The van der Waals surface area contributed by atoms with Crippen molar-refractivity contribution in [3.05, 3.63) is 29.3 Å². The number of aryl methyl sites for hydroxylation is 1. The Kier molecular flexibility index (Phi) is 6.82. The summed E-state index contributed by atoms with van der Waals surface area (Å²) >= 11 is 0. The number of hydrogen-bond donors (Lipinski definition) is 0. The molecule has 0 radical (unpaired) electrons. The zero-order valence-electron chi connectivity index (χ0n) is 15.6. The molecule has 1 aromatic carbocycles. The van der Waals surface area contributed by atoms with Gasteiger partial charge in [0.2, 0.25) is 5.91 Å². The molecule has 0 N–H and O–H groups in total. The third-order valence-corrected chi connectivity index (χ3v) is 4.65. The molecule has 1 unspecified atom stereocenters. The normalized spacial score (nSPS) is 18.0. The molecule has 1 heterocycles. The van der Waals surface area contributed by atoms with Gasteiger partial charge in [0.25, 0.3) is 5.91 Å². The highest BCUT2D eigenvalue weighted by molar-refractivity contribution is 5.87. The second-order valence-electron chi connectivity index (χ2n) is 6.53. The Morgan fingerprint density at radius 1 is 1.32 bits per heavy atom. The van der Waals surface area contributed by atoms with Crippen LogP contribution >= 0.6 is 0 Å². The molecule has 0 bridgehead atoms. The number of carbonyl (C=O) groups is 2. The first-order valence-electron chi connectivity index (χ1n) is 8.65. The van der Waals surface area contributed by atoms with Crippen LogP contribution in [0.2, 0.25) is 0 Å². The molecule has 0 saturated carbocycles. The van der Waals surface area contributed by atoms with Crippen molar-refractivity contribution >= 4 is 11.8 Å². The summed E-state index contributed by atoms with van der Waals surface area (Å²) in [5, 5.41) is 0. The van der Waals surface area contributed by atoms with Crippen LogP contribution in [0, 0.1) is 6.92 Å². The van der Waals surface area contributed by atoms with Gasteiger partial charge in [-0.3, -0.25) is 9.59 Å². The molecule has 6 heteroatoms. The van der Waals surface area contributed by atoms with Gasteiger partial charge in [-0.25, -0.2) is 0 Å². The summed E-state index contributed by atoms with van der Waals surface area (Å²) in [5.41, 5.74) is 2.07. The van der Waals surface area contributed by atoms with Gasteiger partial charge in [0, 0.05) is 27.2 Å².